The van der Waals surface area contributed by atoms with Gasteiger partial charge in [0.1, 0.15) is 0 Å². The number of ether oxygens (including phenoxy) is 2. The van der Waals surface area contributed by atoms with E-state index in [2.05, 4.69) is 22.1 Å². The van der Waals surface area contributed by atoms with E-state index >= 15 is 0 Å². The van der Waals surface area contributed by atoms with Gasteiger partial charge in [0.15, 0.2) is 0 Å². The van der Waals surface area contributed by atoms with Gasteiger partial charge in [0.05, 0.1) is 19.5 Å². The average Bonchev–Trinajstić information content (AvgIpc) is 2.56. The Balaban J connectivity index is 1.48. The van der Waals surface area contributed by atoms with Crippen molar-refractivity contribution < 1.29 is 9.47 Å². The summed E-state index contributed by atoms with van der Waals surface area (Å²) in [4.78, 5) is 7.77. The first-order valence-electron chi connectivity index (χ1n) is 7.22. The summed E-state index contributed by atoms with van der Waals surface area (Å²) in [5.74, 6) is 0. The Morgan fingerprint density at radius 3 is 2.50 bits per heavy atom. The lowest BCUT2D eigenvalue weighted by molar-refractivity contribution is 0.111. The van der Waals surface area contributed by atoms with E-state index in [1.165, 1.54) is 5.56 Å². The minimum absolute atomic E-state index is 0.244. The Hall–Kier alpha value is -1.91. The summed E-state index contributed by atoms with van der Waals surface area (Å²) in [5, 5.41) is 0.244. The van der Waals surface area contributed by atoms with E-state index < -0.39 is 0 Å². The third-order valence-electron chi connectivity index (χ3n) is 2.91. The summed E-state index contributed by atoms with van der Waals surface area (Å²) < 4.78 is 11.0. The smallest absolute Gasteiger partial charge is 0.222 e. The molecule has 0 N–H and O–H groups in total. The molecule has 0 aliphatic rings. The molecule has 4 nitrogen and oxygen atoms in total. The number of benzene rings is 1. The maximum absolute atomic E-state index is 5.61. The molecule has 1 heterocycles. The second-order valence-corrected chi connectivity index (χ2v) is 5.04. The molecule has 0 spiro atoms. The van der Waals surface area contributed by atoms with Crippen LogP contribution in [-0.4, -0.2) is 23.2 Å². The van der Waals surface area contributed by atoms with Crippen LogP contribution in [0.25, 0.3) is 6.08 Å². The SMILES string of the molecule is Clc1ncc(/C=C/OCCCCOCc2ccccc2)cn1. The van der Waals surface area contributed by atoms with Crippen molar-refractivity contribution in [1.82, 2.24) is 9.97 Å². The van der Waals surface area contributed by atoms with Gasteiger partial charge in [-0.15, -0.1) is 0 Å². The molecule has 0 aliphatic heterocycles. The highest BCUT2D eigenvalue weighted by molar-refractivity contribution is 6.28. The van der Waals surface area contributed by atoms with Crippen LogP contribution >= 0.6 is 11.6 Å². The third-order valence-corrected chi connectivity index (χ3v) is 3.10. The van der Waals surface area contributed by atoms with Crippen LogP contribution in [0.2, 0.25) is 5.28 Å². The molecule has 0 unspecified atom stereocenters. The van der Waals surface area contributed by atoms with Crippen LogP contribution in [0.3, 0.4) is 0 Å². The molecule has 0 saturated carbocycles. The number of hydrogen-bond acceptors (Lipinski definition) is 4. The fourth-order valence-electron chi connectivity index (χ4n) is 1.76. The van der Waals surface area contributed by atoms with E-state index in [0.717, 1.165) is 25.0 Å². The standard InChI is InChI=1S/C17H19ClN2O2/c18-17-19-12-16(13-20-17)8-11-21-9-4-5-10-22-14-15-6-2-1-3-7-15/h1-3,6-8,11-13H,4-5,9-10,14H2/b11-8+. The number of aromatic nitrogens is 2. The molecule has 0 bridgehead atoms. The Labute approximate surface area is 135 Å². The molecule has 1 aromatic heterocycles. The fourth-order valence-corrected chi connectivity index (χ4v) is 1.85. The van der Waals surface area contributed by atoms with Gasteiger partial charge >= 0.3 is 0 Å². The largest absolute Gasteiger partial charge is 0.501 e. The minimum Gasteiger partial charge on any atom is -0.501 e. The molecule has 1 aromatic carbocycles. The predicted molar refractivity (Wildman–Crippen MR) is 87.4 cm³/mol. The molecule has 5 heteroatoms. The third kappa shape index (κ3) is 6.70. The Bertz CT molecular complexity index is 559. The van der Waals surface area contributed by atoms with Crippen molar-refractivity contribution in [3.05, 3.63) is 65.4 Å². The molecule has 0 atom stereocenters. The quantitative estimate of drug-likeness (QED) is 0.396. The molecule has 0 saturated heterocycles. The Kier molecular flexibility index (Phi) is 7.43. The van der Waals surface area contributed by atoms with Gasteiger partial charge in [-0.25, -0.2) is 9.97 Å². The van der Waals surface area contributed by atoms with E-state index in [1.807, 2.05) is 24.3 Å². The van der Waals surface area contributed by atoms with Crippen molar-refractivity contribution in [2.24, 2.45) is 0 Å². The molecule has 0 amide bonds. The molecule has 116 valence electrons. The van der Waals surface area contributed by atoms with Gasteiger partial charge in [-0.1, -0.05) is 30.3 Å². The van der Waals surface area contributed by atoms with E-state index in [-0.39, 0.29) is 5.28 Å². The highest BCUT2D eigenvalue weighted by Crippen LogP contribution is 2.04. The lowest BCUT2D eigenvalue weighted by atomic mass is 10.2. The average molecular weight is 319 g/mol. The second-order valence-electron chi connectivity index (χ2n) is 4.70. The number of unbranched alkanes of at least 4 members (excludes halogenated alkanes) is 1. The highest BCUT2D eigenvalue weighted by atomic mass is 35.5. The van der Waals surface area contributed by atoms with Crippen molar-refractivity contribution in [3.8, 4) is 0 Å². The van der Waals surface area contributed by atoms with Crippen LogP contribution in [0.4, 0.5) is 0 Å². The van der Waals surface area contributed by atoms with Crippen molar-refractivity contribution >= 4 is 17.7 Å². The van der Waals surface area contributed by atoms with Crippen LogP contribution in [0.5, 0.6) is 0 Å². The monoisotopic (exact) mass is 318 g/mol. The summed E-state index contributed by atoms with van der Waals surface area (Å²) in [6.07, 6.45) is 8.68. The summed E-state index contributed by atoms with van der Waals surface area (Å²) in [6, 6.07) is 10.2. The van der Waals surface area contributed by atoms with E-state index in [0.29, 0.717) is 13.2 Å². The van der Waals surface area contributed by atoms with Crippen molar-refractivity contribution in [1.29, 1.82) is 0 Å². The van der Waals surface area contributed by atoms with Gasteiger partial charge in [-0.2, -0.15) is 0 Å². The number of rotatable bonds is 9. The Morgan fingerprint density at radius 1 is 1.00 bits per heavy atom. The van der Waals surface area contributed by atoms with Crippen molar-refractivity contribution in [2.45, 2.75) is 19.4 Å². The summed E-state index contributed by atoms with van der Waals surface area (Å²) >= 11 is 5.61. The minimum atomic E-state index is 0.244. The lowest BCUT2D eigenvalue weighted by Crippen LogP contribution is -1.97. The van der Waals surface area contributed by atoms with Gasteiger partial charge in [-0.3, -0.25) is 0 Å². The molecular formula is C17H19ClN2O2. The van der Waals surface area contributed by atoms with Crippen LogP contribution in [0, 0.1) is 0 Å². The van der Waals surface area contributed by atoms with Crippen LogP contribution in [-0.2, 0) is 16.1 Å². The molecule has 22 heavy (non-hydrogen) atoms. The van der Waals surface area contributed by atoms with E-state index in [4.69, 9.17) is 21.1 Å². The highest BCUT2D eigenvalue weighted by Gasteiger charge is 1.93. The van der Waals surface area contributed by atoms with Gasteiger partial charge in [0.2, 0.25) is 5.28 Å². The van der Waals surface area contributed by atoms with Gasteiger partial charge < -0.3 is 9.47 Å². The first-order chi connectivity index (χ1) is 10.8. The van der Waals surface area contributed by atoms with E-state index in [9.17, 15) is 0 Å². The van der Waals surface area contributed by atoms with Gasteiger partial charge in [-0.05, 0) is 36.1 Å². The van der Waals surface area contributed by atoms with Crippen LogP contribution in [0.15, 0.2) is 49.0 Å². The maximum Gasteiger partial charge on any atom is 0.222 e. The molecule has 0 radical (unpaired) electrons. The topological polar surface area (TPSA) is 44.2 Å². The second kappa shape index (κ2) is 9.92. The number of hydrogen-bond donors (Lipinski definition) is 0. The van der Waals surface area contributed by atoms with Crippen molar-refractivity contribution in [2.75, 3.05) is 13.2 Å². The molecule has 2 rings (SSSR count). The normalized spacial score (nSPS) is 11.0. The van der Waals surface area contributed by atoms with Gasteiger partial charge in [0.25, 0.3) is 0 Å². The summed E-state index contributed by atoms with van der Waals surface area (Å²) in [5.41, 5.74) is 2.06. The molecule has 2 aromatic rings. The lowest BCUT2D eigenvalue weighted by Gasteiger charge is -2.04. The van der Waals surface area contributed by atoms with Crippen molar-refractivity contribution in [3.63, 3.8) is 0 Å². The number of nitrogens with zero attached hydrogens (tertiary/aromatic N) is 2. The zero-order chi connectivity index (χ0) is 15.5. The van der Waals surface area contributed by atoms with E-state index in [1.54, 1.807) is 18.7 Å². The number of halogens is 1. The van der Waals surface area contributed by atoms with Crippen LogP contribution in [0.1, 0.15) is 24.0 Å². The predicted octanol–water partition coefficient (Wildman–Crippen LogP) is 4.11. The summed E-state index contributed by atoms with van der Waals surface area (Å²) in [6.45, 7) is 2.07. The zero-order valence-electron chi connectivity index (χ0n) is 12.3. The zero-order valence-corrected chi connectivity index (χ0v) is 13.1. The van der Waals surface area contributed by atoms with Gasteiger partial charge in [0, 0.05) is 24.6 Å². The molecule has 0 fully saturated rings. The Morgan fingerprint density at radius 2 is 1.73 bits per heavy atom. The maximum atomic E-state index is 5.61. The summed E-state index contributed by atoms with van der Waals surface area (Å²) in [7, 11) is 0. The first kappa shape index (κ1) is 16.5. The van der Waals surface area contributed by atoms with Crippen LogP contribution < -0.4 is 0 Å². The fraction of sp³-hybridized carbons (Fsp3) is 0.294. The molecule has 0 aliphatic carbocycles. The first-order valence-corrected chi connectivity index (χ1v) is 7.60. The molecular weight excluding hydrogens is 300 g/mol.